The highest BCUT2D eigenvalue weighted by Crippen LogP contribution is 2.29. The number of benzene rings is 3. The lowest BCUT2D eigenvalue weighted by atomic mass is 10.1. The summed E-state index contributed by atoms with van der Waals surface area (Å²) < 4.78 is 18.5. The Hall–Kier alpha value is -3.34. The van der Waals surface area contributed by atoms with Gasteiger partial charge in [-0.05, 0) is 60.5 Å². The summed E-state index contributed by atoms with van der Waals surface area (Å²) in [5, 5.41) is 3.26. The maximum absolute atomic E-state index is 12.9. The third-order valence-corrected chi connectivity index (χ3v) is 4.76. The molecule has 0 atom stereocenters. The molecule has 0 spiro atoms. The second-order valence-electron chi connectivity index (χ2n) is 6.65. The fourth-order valence-corrected chi connectivity index (χ4v) is 3.36. The van der Waals surface area contributed by atoms with Crippen LogP contribution in [0.25, 0.3) is 0 Å². The minimum absolute atomic E-state index is 0.0103. The van der Waals surface area contributed by atoms with Crippen LogP contribution >= 0.6 is 0 Å². The number of hydrogen-bond donors (Lipinski definition) is 1. The predicted molar refractivity (Wildman–Crippen MR) is 109 cm³/mol. The first-order chi connectivity index (χ1) is 13.7. The molecule has 1 heterocycles. The van der Waals surface area contributed by atoms with Gasteiger partial charge >= 0.3 is 0 Å². The topological polar surface area (TPSA) is 41.6 Å². The Kier molecular flexibility index (Phi) is 5.24. The van der Waals surface area contributed by atoms with E-state index < -0.39 is 0 Å². The minimum atomic E-state index is -0.285. The zero-order chi connectivity index (χ0) is 19.3. The smallest absolute Gasteiger partial charge is 0.258 e. The maximum Gasteiger partial charge on any atom is 0.258 e. The van der Waals surface area contributed by atoms with Crippen LogP contribution in [0.1, 0.15) is 15.9 Å². The van der Waals surface area contributed by atoms with Crippen molar-refractivity contribution in [1.29, 1.82) is 0 Å². The quantitative estimate of drug-likeness (QED) is 0.643. The predicted octanol–water partition coefficient (Wildman–Crippen LogP) is 4.52. The Labute approximate surface area is 163 Å². The van der Waals surface area contributed by atoms with Gasteiger partial charge in [0.1, 0.15) is 18.2 Å². The Morgan fingerprint density at radius 2 is 1.86 bits per heavy atom. The molecule has 0 aliphatic carbocycles. The van der Waals surface area contributed by atoms with Crippen LogP contribution in [-0.4, -0.2) is 25.6 Å². The summed E-state index contributed by atoms with van der Waals surface area (Å²) in [6, 6.07) is 21.5. The number of nitrogens with one attached hydrogen (secondary N) is 1. The molecule has 1 aliphatic heterocycles. The van der Waals surface area contributed by atoms with Crippen LogP contribution in [0.2, 0.25) is 0 Å². The van der Waals surface area contributed by atoms with Crippen LogP contribution < -0.4 is 15.0 Å². The van der Waals surface area contributed by atoms with Crippen LogP contribution in [0.3, 0.4) is 0 Å². The van der Waals surface area contributed by atoms with Gasteiger partial charge in [-0.1, -0.05) is 24.3 Å². The molecule has 0 saturated heterocycles. The monoisotopic (exact) mass is 376 g/mol. The maximum atomic E-state index is 12.9. The van der Waals surface area contributed by atoms with Crippen LogP contribution in [0.4, 0.5) is 15.8 Å². The molecule has 0 bridgehead atoms. The van der Waals surface area contributed by atoms with Crippen molar-refractivity contribution < 1.29 is 13.9 Å². The first kappa shape index (κ1) is 18.0. The summed E-state index contributed by atoms with van der Waals surface area (Å²) in [7, 11) is 0. The van der Waals surface area contributed by atoms with Crippen molar-refractivity contribution in [3.05, 3.63) is 89.7 Å². The number of para-hydroxylation sites is 1. The molecule has 3 aromatic rings. The van der Waals surface area contributed by atoms with Gasteiger partial charge in [0.05, 0.1) is 0 Å². The van der Waals surface area contributed by atoms with Crippen molar-refractivity contribution in [2.45, 2.75) is 6.42 Å². The van der Waals surface area contributed by atoms with E-state index in [0.717, 1.165) is 17.8 Å². The van der Waals surface area contributed by atoms with Gasteiger partial charge in [-0.3, -0.25) is 4.79 Å². The van der Waals surface area contributed by atoms with Crippen molar-refractivity contribution in [3.8, 4) is 5.75 Å². The molecule has 0 saturated carbocycles. The van der Waals surface area contributed by atoms with Crippen molar-refractivity contribution >= 4 is 17.3 Å². The number of anilines is 2. The lowest BCUT2D eigenvalue weighted by molar-refractivity contribution is 0.0989. The van der Waals surface area contributed by atoms with Crippen molar-refractivity contribution in [2.24, 2.45) is 0 Å². The third kappa shape index (κ3) is 3.98. The van der Waals surface area contributed by atoms with E-state index in [0.29, 0.717) is 31.0 Å². The molecule has 0 fully saturated rings. The average molecular weight is 376 g/mol. The number of nitrogens with zero attached hydrogens (tertiary/aromatic N) is 1. The number of halogens is 1. The molecule has 4 nitrogen and oxygen atoms in total. The van der Waals surface area contributed by atoms with Gasteiger partial charge in [-0.25, -0.2) is 4.39 Å². The highest BCUT2D eigenvalue weighted by Gasteiger charge is 2.25. The van der Waals surface area contributed by atoms with E-state index in [4.69, 9.17) is 4.74 Å². The molecule has 0 unspecified atom stereocenters. The second kappa shape index (κ2) is 8.13. The Morgan fingerprint density at radius 1 is 1.04 bits per heavy atom. The van der Waals surface area contributed by atoms with E-state index in [1.807, 2.05) is 47.4 Å². The summed E-state index contributed by atoms with van der Waals surface area (Å²) in [4.78, 5) is 14.8. The SMILES string of the molecule is O=C(c1cccc(NCCOc2ccc(F)cc2)c1)N1CCc2ccccc21. The summed E-state index contributed by atoms with van der Waals surface area (Å²) in [6.45, 7) is 1.71. The molecule has 4 rings (SSSR count). The molecular weight excluding hydrogens is 355 g/mol. The second-order valence-corrected chi connectivity index (χ2v) is 6.65. The van der Waals surface area contributed by atoms with Crippen molar-refractivity contribution in [3.63, 3.8) is 0 Å². The van der Waals surface area contributed by atoms with Crippen molar-refractivity contribution in [2.75, 3.05) is 29.9 Å². The normalized spacial score (nSPS) is 12.5. The first-order valence-corrected chi connectivity index (χ1v) is 9.33. The summed E-state index contributed by atoms with van der Waals surface area (Å²) in [6.07, 6.45) is 0.889. The van der Waals surface area contributed by atoms with Crippen molar-refractivity contribution in [1.82, 2.24) is 0 Å². The third-order valence-electron chi connectivity index (χ3n) is 4.76. The Morgan fingerprint density at radius 3 is 2.71 bits per heavy atom. The van der Waals surface area contributed by atoms with E-state index in [1.54, 1.807) is 12.1 Å². The summed E-state index contributed by atoms with van der Waals surface area (Å²) in [5.41, 5.74) is 3.73. The Bertz CT molecular complexity index is 972. The van der Waals surface area contributed by atoms with E-state index >= 15 is 0 Å². The molecule has 142 valence electrons. The molecule has 3 aromatic carbocycles. The number of hydrogen-bond acceptors (Lipinski definition) is 3. The largest absolute Gasteiger partial charge is 0.492 e. The molecule has 0 radical (unpaired) electrons. The van der Waals surface area contributed by atoms with Gasteiger partial charge in [-0.2, -0.15) is 0 Å². The highest BCUT2D eigenvalue weighted by atomic mass is 19.1. The fraction of sp³-hybridized carbons (Fsp3) is 0.174. The molecule has 1 aliphatic rings. The lowest BCUT2D eigenvalue weighted by Crippen LogP contribution is -2.28. The van der Waals surface area contributed by atoms with Gasteiger partial charge in [0.15, 0.2) is 0 Å². The summed E-state index contributed by atoms with van der Waals surface area (Å²) >= 11 is 0. The molecule has 28 heavy (non-hydrogen) atoms. The molecular formula is C23H21FN2O2. The van der Waals surface area contributed by atoms with Crippen LogP contribution in [0.5, 0.6) is 5.75 Å². The number of ether oxygens (including phenoxy) is 1. The van der Waals surface area contributed by atoms with E-state index in [1.165, 1.54) is 17.7 Å². The van der Waals surface area contributed by atoms with Crippen LogP contribution in [-0.2, 0) is 6.42 Å². The van der Waals surface area contributed by atoms with Gasteiger partial charge in [0, 0.05) is 30.0 Å². The number of amides is 1. The standard InChI is InChI=1S/C23H21FN2O2/c24-19-8-10-21(11-9-19)28-15-13-25-20-6-3-5-18(16-20)23(27)26-14-12-17-4-1-2-7-22(17)26/h1-11,16,25H,12-15H2. The van der Waals surface area contributed by atoms with Crippen LogP contribution in [0.15, 0.2) is 72.8 Å². The van der Waals surface area contributed by atoms with E-state index in [-0.39, 0.29) is 11.7 Å². The number of fused-ring (bicyclic) bond motifs is 1. The minimum Gasteiger partial charge on any atom is -0.492 e. The summed E-state index contributed by atoms with van der Waals surface area (Å²) in [5.74, 6) is 0.351. The van der Waals surface area contributed by atoms with Gasteiger partial charge < -0.3 is 15.0 Å². The highest BCUT2D eigenvalue weighted by molar-refractivity contribution is 6.07. The number of rotatable bonds is 6. The Balaban J connectivity index is 1.35. The first-order valence-electron chi connectivity index (χ1n) is 9.33. The van der Waals surface area contributed by atoms with Gasteiger partial charge in [0.25, 0.3) is 5.91 Å². The van der Waals surface area contributed by atoms with Gasteiger partial charge in [-0.15, -0.1) is 0 Å². The van der Waals surface area contributed by atoms with E-state index in [9.17, 15) is 9.18 Å². The fourth-order valence-electron chi connectivity index (χ4n) is 3.36. The van der Waals surface area contributed by atoms with Crippen LogP contribution in [0, 0.1) is 5.82 Å². The van der Waals surface area contributed by atoms with Gasteiger partial charge in [0.2, 0.25) is 0 Å². The number of carbonyl (C=O) groups excluding carboxylic acids is 1. The number of carbonyl (C=O) groups is 1. The molecule has 5 heteroatoms. The zero-order valence-corrected chi connectivity index (χ0v) is 15.4. The van der Waals surface area contributed by atoms with E-state index in [2.05, 4.69) is 11.4 Å². The zero-order valence-electron chi connectivity index (χ0n) is 15.4. The average Bonchev–Trinajstić information content (AvgIpc) is 3.16. The molecule has 1 amide bonds. The molecule has 1 N–H and O–H groups in total. The lowest BCUT2D eigenvalue weighted by Gasteiger charge is -2.18. The molecule has 0 aromatic heterocycles.